The van der Waals surface area contributed by atoms with Gasteiger partial charge in [0, 0.05) is 24.9 Å². The summed E-state index contributed by atoms with van der Waals surface area (Å²) in [5.74, 6) is -1.50. The smallest absolute Gasteiger partial charge is 0.244 e. The summed E-state index contributed by atoms with van der Waals surface area (Å²) in [6.07, 6.45) is 3.44. The second-order valence-electron chi connectivity index (χ2n) is 6.36. The zero-order valence-corrected chi connectivity index (χ0v) is 17.0. The van der Waals surface area contributed by atoms with Gasteiger partial charge in [-0.1, -0.05) is 24.3 Å². The molecule has 0 saturated carbocycles. The maximum atomic E-state index is 14.1. The van der Waals surface area contributed by atoms with Crippen LogP contribution < -0.4 is 10.2 Å². The molecule has 0 atom stereocenters. The molecule has 0 radical (unpaired) electrons. The van der Waals surface area contributed by atoms with Gasteiger partial charge in [0.05, 0.1) is 11.4 Å². The number of halogens is 2. The number of thiazole rings is 1. The lowest BCUT2D eigenvalue weighted by Crippen LogP contribution is -2.23. The van der Waals surface area contributed by atoms with Crippen molar-refractivity contribution in [2.45, 2.75) is 13.3 Å². The van der Waals surface area contributed by atoms with E-state index in [1.807, 2.05) is 0 Å². The van der Waals surface area contributed by atoms with Crippen molar-refractivity contribution in [2.24, 2.45) is 0 Å². The molecule has 1 aromatic heterocycles. The van der Waals surface area contributed by atoms with Crippen LogP contribution in [0.25, 0.3) is 6.08 Å². The number of benzene rings is 2. The molecule has 0 aliphatic rings. The fourth-order valence-electron chi connectivity index (χ4n) is 2.70. The van der Waals surface area contributed by atoms with E-state index in [0.717, 1.165) is 5.56 Å². The van der Waals surface area contributed by atoms with Crippen LogP contribution in [0.15, 0.2) is 60.0 Å². The van der Waals surface area contributed by atoms with Crippen molar-refractivity contribution in [1.82, 2.24) is 10.3 Å². The van der Waals surface area contributed by atoms with Crippen molar-refractivity contribution in [3.8, 4) is 0 Å². The lowest BCUT2D eigenvalue weighted by molar-refractivity contribution is -0.117. The Morgan fingerprint density at radius 2 is 1.87 bits per heavy atom. The maximum Gasteiger partial charge on any atom is 0.244 e. The Labute approximate surface area is 176 Å². The number of carbonyl (C=O) groups excluding carboxylic acids is 2. The Morgan fingerprint density at radius 1 is 1.13 bits per heavy atom. The van der Waals surface area contributed by atoms with Crippen LogP contribution in [0.5, 0.6) is 0 Å². The number of hydrogen-bond acceptors (Lipinski definition) is 4. The van der Waals surface area contributed by atoms with Crippen LogP contribution in [-0.4, -0.2) is 23.3 Å². The van der Waals surface area contributed by atoms with Crippen molar-refractivity contribution in [3.63, 3.8) is 0 Å². The summed E-state index contributed by atoms with van der Waals surface area (Å²) in [4.78, 5) is 29.5. The normalized spacial score (nSPS) is 10.9. The molecule has 0 aliphatic heterocycles. The molecule has 3 aromatic rings. The number of nitrogens with one attached hydrogen (secondary N) is 1. The molecule has 2 amide bonds. The van der Waals surface area contributed by atoms with Crippen LogP contribution in [0.2, 0.25) is 0 Å². The Morgan fingerprint density at radius 3 is 2.57 bits per heavy atom. The molecule has 0 aliphatic carbocycles. The molecule has 0 fully saturated rings. The predicted octanol–water partition coefficient (Wildman–Crippen LogP) is 4.48. The van der Waals surface area contributed by atoms with Gasteiger partial charge in [-0.15, -0.1) is 11.3 Å². The van der Waals surface area contributed by atoms with Crippen molar-refractivity contribution < 1.29 is 18.4 Å². The largest absolute Gasteiger partial charge is 0.352 e. The first-order valence-corrected chi connectivity index (χ1v) is 10.0. The monoisotopic (exact) mass is 427 g/mol. The van der Waals surface area contributed by atoms with E-state index in [-0.39, 0.29) is 23.3 Å². The molecular formula is C22H19F2N3O2S. The molecule has 1 heterocycles. The fraction of sp³-hybridized carbons (Fsp3) is 0.136. The Balaban J connectivity index is 1.60. The number of aromatic nitrogens is 1. The predicted molar refractivity (Wildman–Crippen MR) is 113 cm³/mol. The van der Waals surface area contributed by atoms with E-state index in [1.165, 1.54) is 59.6 Å². The summed E-state index contributed by atoms with van der Waals surface area (Å²) in [5.41, 5.74) is 1.52. The summed E-state index contributed by atoms with van der Waals surface area (Å²) in [5, 5.41) is 4.72. The average molecular weight is 427 g/mol. The Bertz CT molecular complexity index is 1060. The minimum absolute atomic E-state index is 0.119. The van der Waals surface area contributed by atoms with Gasteiger partial charge in [0.2, 0.25) is 11.8 Å². The number of carbonyl (C=O) groups is 2. The molecule has 1 N–H and O–H groups in total. The number of amides is 2. The van der Waals surface area contributed by atoms with Crippen molar-refractivity contribution >= 4 is 40.0 Å². The highest BCUT2D eigenvalue weighted by Gasteiger charge is 2.20. The maximum absolute atomic E-state index is 14.1. The van der Waals surface area contributed by atoms with Gasteiger partial charge >= 0.3 is 0 Å². The molecule has 0 saturated heterocycles. The molecule has 5 nitrogen and oxygen atoms in total. The van der Waals surface area contributed by atoms with Crippen LogP contribution in [0, 0.1) is 11.6 Å². The molecule has 8 heteroatoms. The molecule has 154 valence electrons. The molecule has 0 spiro atoms. The number of nitrogens with zero attached hydrogens (tertiary/aromatic N) is 2. The summed E-state index contributed by atoms with van der Waals surface area (Å²) < 4.78 is 27.0. The number of rotatable bonds is 7. The van der Waals surface area contributed by atoms with Gasteiger partial charge in [0.25, 0.3) is 0 Å². The van der Waals surface area contributed by atoms with E-state index in [0.29, 0.717) is 23.8 Å². The fourth-order valence-corrected chi connectivity index (χ4v) is 3.54. The van der Waals surface area contributed by atoms with E-state index in [1.54, 1.807) is 29.6 Å². The van der Waals surface area contributed by atoms with Gasteiger partial charge in [-0.3, -0.25) is 14.5 Å². The summed E-state index contributed by atoms with van der Waals surface area (Å²) in [6, 6.07) is 12.1. The van der Waals surface area contributed by atoms with Crippen LogP contribution in [0.3, 0.4) is 0 Å². The van der Waals surface area contributed by atoms with Gasteiger partial charge in [-0.25, -0.2) is 13.8 Å². The van der Waals surface area contributed by atoms with E-state index in [9.17, 15) is 18.4 Å². The van der Waals surface area contributed by atoms with Gasteiger partial charge in [0.15, 0.2) is 5.13 Å². The molecule has 2 aromatic carbocycles. The highest BCUT2D eigenvalue weighted by molar-refractivity contribution is 7.14. The Kier molecular flexibility index (Phi) is 7.03. The van der Waals surface area contributed by atoms with Gasteiger partial charge in [-0.2, -0.15) is 0 Å². The lowest BCUT2D eigenvalue weighted by atomic mass is 10.1. The second-order valence-corrected chi connectivity index (χ2v) is 7.20. The highest BCUT2D eigenvalue weighted by atomic mass is 32.1. The first kappa shape index (κ1) is 21.3. The van der Waals surface area contributed by atoms with E-state index >= 15 is 0 Å². The summed E-state index contributed by atoms with van der Waals surface area (Å²) in [6.45, 7) is 1.74. The zero-order valence-electron chi connectivity index (χ0n) is 16.1. The van der Waals surface area contributed by atoms with Gasteiger partial charge in [0.1, 0.15) is 11.6 Å². The number of para-hydroxylation sites is 1. The third-order valence-corrected chi connectivity index (χ3v) is 4.99. The number of hydrogen-bond donors (Lipinski definition) is 1. The van der Waals surface area contributed by atoms with E-state index in [2.05, 4.69) is 10.3 Å². The Hall–Kier alpha value is -3.39. The average Bonchev–Trinajstić information content (AvgIpc) is 3.18. The first-order valence-electron chi connectivity index (χ1n) is 9.15. The highest BCUT2D eigenvalue weighted by Crippen LogP contribution is 2.30. The molecule has 30 heavy (non-hydrogen) atoms. The quantitative estimate of drug-likeness (QED) is 0.566. The molecule has 0 unspecified atom stereocenters. The minimum atomic E-state index is -0.527. The lowest BCUT2D eigenvalue weighted by Gasteiger charge is -2.18. The van der Waals surface area contributed by atoms with Crippen LogP contribution in [0.1, 0.15) is 18.2 Å². The van der Waals surface area contributed by atoms with Crippen LogP contribution in [-0.2, 0) is 16.0 Å². The van der Waals surface area contributed by atoms with Crippen molar-refractivity contribution in [3.05, 3.63) is 82.9 Å². The first-order chi connectivity index (χ1) is 14.4. The molecule has 3 rings (SSSR count). The van der Waals surface area contributed by atoms with E-state index in [4.69, 9.17) is 0 Å². The topological polar surface area (TPSA) is 62.3 Å². The third kappa shape index (κ3) is 5.57. The van der Waals surface area contributed by atoms with Crippen LogP contribution >= 0.6 is 11.3 Å². The standard InChI is InChI=1S/C22H19F2N3O2S/c1-15(28)27(20-5-3-2-4-19(20)24)22-26-18(14-30-22)10-11-21(29)25-13-12-16-6-8-17(23)9-7-16/h2-11,14H,12-13H2,1H3,(H,25,29)/b11-10+. The van der Waals surface area contributed by atoms with Gasteiger partial charge < -0.3 is 5.32 Å². The van der Waals surface area contributed by atoms with Gasteiger partial charge in [-0.05, 0) is 42.3 Å². The zero-order chi connectivity index (χ0) is 21.5. The molecular weight excluding hydrogens is 408 g/mol. The second kappa shape index (κ2) is 9.89. The molecule has 0 bridgehead atoms. The summed E-state index contributed by atoms with van der Waals surface area (Å²) >= 11 is 1.17. The van der Waals surface area contributed by atoms with Crippen LogP contribution in [0.4, 0.5) is 19.6 Å². The number of anilines is 2. The van der Waals surface area contributed by atoms with Crippen molar-refractivity contribution in [1.29, 1.82) is 0 Å². The van der Waals surface area contributed by atoms with Crippen molar-refractivity contribution in [2.75, 3.05) is 11.4 Å². The third-order valence-electron chi connectivity index (χ3n) is 4.14. The minimum Gasteiger partial charge on any atom is -0.352 e. The summed E-state index contributed by atoms with van der Waals surface area (Å²) in [7, 11) is 0. The van der Waals surface area contributed by atoms with E-state index < -0.39 is 5.82 Å². The SMILES string of the molecule is CC(=O)N(c1nc(/C=C/C(=O)NCCc2ccc(F)cc2)cs1)c1ccccc1F.